The number of likely N-dealkylation sites (tertiary alicyclic amines) is 1. The van der Waals surface area contributed by atoms with Crippen LogP contribution in [0.4, 0.5) is 5.82 Å². The minimum Gasteiger partial charge on any atom is -0.383 e. The smallest absolute Gasteiger partial charge is 0.259 e. The average molecular weight is 266 g/mol. The molecule has 1 aliphatic rings. The number of carbonyl (C=O) groups is 1. The van der Waals surface area contributed by atoms with Crippen molar-refractivity contribution in [3.8, 4) is 0 Å². The summed E-state index contributed by atoms with van der Waals surface area (Å²) in [7, 11) is 1.73. The zero-order valence-corrected chi connectivity index (χ0v) is 11.6. The molecule has 1 amide bonds. The largest absolute Gasteiger partial charge is 0.383 e. The predicted octanol–water partition coefficient (Wildman–Crippen LogP) is 1.03. The van der Waals surface area contributed by atoms with E-state index in [0.29, 0.717) is 17.9 Å². The molecule has 1 saturated heterocycles. The second-order valence-corrected chi connectivity index (χ2v) is 4.95. The molecule has 106 valence electrons. The monoisotopic (exact) mass is 266 g/mol. The Balaban J connectivity index is 2.01. The lowest BCUT2D eigenvalue weighted by molar-refractivity contribution is 0.00214. The van der Waals surface area contributed by atoms with Gasteiger partial charge in [-0.15, -0.1) is 0 Å². The van der Waals surface area contributed by atoms with Crippen LogP contribution in [-0.4, -0.2) is 46.4 Å². The molecule has 2 rings (SSSR count). The Kier molecular flexibility index (Phi) is 4.42. The van der Waals surface area contributed by atoms with E-state index >= 15 is 0 Å². The summed E-state index contributed by atoms with van der Waals surface area (Å²) in [6.07, 6.45) is 4.68. The first-order chi connectivity index (χ1) is 9.13. The first-order valence-electron chi connectivity index (χ1n) is 6.81. The van der Waals surface area contributed by atoms with Crippen LogP contribution in [-0.2, 0) is 11.8 Å². The number of rotatable bonds is 4. The van der Waals surface area contributed by atoms with Crippen LogP contribution in [0.1, 0.15) is 36.5 Å². The van der Waals surface area contributed by atoms with Crippen molar-refractivity contribution in [3.05, 3.63) is 11.8 Å². The van der Waals surface area contributed by atoms with Gasteiger partial charge in [-0.05, 0) is 19.3 Å². The first-order valence-corrected chi connectivity index (χ1v) is 6.81. The summed E-state index contributed by atoms with van der Waals surface area (Å²) in [5.41, 5.74) is 6.33. The third-order valence-corrected chi connectivity index (χ3v) is 3.44. The highest BCUT2D eigenvalue weighted by atomic mass is 16.5. The van der Waals surface area contributed by atoms with Gasteiger partial charge in [-0.2, -0.15) is 5.10 Å². The number of aryl methyl sites for hydroxylation is 1. The molecule has 0 spiro atoms. The van der Waals surface area contributed by atoms with Gasteiger partial charge in [-0.3, -0.25) is 9.48 Å². The van der Waals surface area contributed by atoms with Gasteiger partial charge in [0.2, 0.25) is 0 Å². The number of hydrogen-bond donors (Lipinski definition) is 1. The lowest BCUT2D eigenvalue weighted by atomic mass is 10.1. The van der Waals surface area contributed by atoms with Crippen molar-refractivity contribution < 1.29 is 9.53 Å². The number of amides is 1. The Morgan fingerprint density at radius 1 is 1.63 bits per heavy atom. The van der Waals surface area contributed by atoms with Crippen LogP contribution in [0.2, 0.25) is 0 Å². The number of hydrogen-bond acceptors (Lipinski definition) is 4. The second kappa shape index (κ2) is 6.06. The van der Waals surface area contributed by atoms with Gasteiger partial charge < -0.3 is 15.4 Å². The van der Waals surface area contributed by atoms with Gasteiger partial charge in [0.15, 0.2) is 0 Å². The molecule has 1 fully saturated rings. The third kappa shape index (κ3) is 3.07. The summed E-state index contributed by atoms with van der Waals surface area (Å²) < 4.78 is 7.25. The van der Waals surface area contributed by atoms with Crippen LogP contribution < -0.4 is 5.73 Å². The van der Waals surface area contributed by atoms with Crippen LogP contribution in [0.5, 0.6) is 0 Å². The van der Waals surface area contributed by atoms with Crippen molar-refractivity contribution in [3.63, 3.8) is 0 Å². The topological polar surface area (TPSA) is 73.4 Å². The van der Waals surface area contributed by atoms with E-state index in [4.69, 9.17) is 10.5 Å². The number of anilines is 1. The van der Waals surface area contributed by atoms with E-state index in [0.717, 1.165) is 32.4 Å². The minimum atomic E-state index is -0.0459. The quantitative estimate of drug-likeness (QED) is 0.883. The van der Waals surface area contributed by atoms with E-state index in [-0.39, 0.29) is 12.0 Å². The molecule has 2 N–H and O–H groups in total. The van der Waals surface area contributed by atoms with Crippen molar-refractivity contribution in [2.24, 2.45) is 7.05 Å². The molecule has 0 saturated carbocycles. The predicted molar refractivity (Wildman–Crippen MR) is 72.8 cm³/mol. The Morgan fingerprint density at radius 3 is 3.05 bits per heavy atom. The molecule has 1 aliphatic heterocycles. The standard InChI is InChI=1S/C13H22N4O2/c1-3-7-19-10-5-4-6-17(9-10)13(18)11-8-15-16(2)12(11)14/h8,10H,3-7,9,14H2,1-2H3. The fraction of sp³-hybridized carbons (Fsp3) is 0.692. The Morgan fingerprint density at radius 2 is 2.42 bits per heavy atom. The third-order valence-electron chi connectivity index (χ3n) is 3.44. The maximum atomic E-state index is 12.4. The van der Waals surface area contributed by atoms with Gasteiger partial charge in [0.25, 0.3) is 5.91 Å². The van der Waals surface area contributed by atoms with Crippen molar-refractivity contribution >= 4 is 11.7 Å². The molecular formula is C13H22N4O2. The van der Waals surface area contributed by atoms with E-state index in [1.165, 1.54) is 10.9 Å². The summed E-state index contributed by atoms with van der Waals surface area (Å²) >= 11 is 0. The van der Waals surface area contributed by atoms with E-state index in [1.54, 1.807) is 7.05 Å². The SMILES string of the molecule is CCCOC1CCCN(C(=O)c2cnn(C)c2N)C1. The number of nitrogen functional groups attached to an aromatic ring is 1. The molecule has 19 heavy (non-hydrogen) atoms. The molecule has 1 atom stereocenters. The fourth-order valence-electron chi connectivity index (χ4n) is 2.33. The van der Waals surface area contributed by atoms with Crippen molar-refractivity contribution in [2.75, 3.05) is 25.4 Å². The van der Waals surface area contributed by atoms with Crippen LogP contribution in [0, 0.1) is 0 Å². The summed E-state index contributed by atoms with van der Waals surface area (Å²) in [6.45, 7) is 4.25. The number of aromatic nitrogens is 2. The fourth-order valence-corrected chi connectivity index (χ4v) is 2.33. The highest BCUT2D eigenvalue weighted by Gasteiger charge is 2.26. The number of carbonyl (C=O) groups excluding carboxylic acids is 1. The Labute approximate surface area is 113 Å². The number of ether oxygens (including phenoxy) is 1. The molecule has 0 aliphatic carbocycles. The lowest BCUT2D eigenvalue weighted by Gasteiger charge is -2.32. The van der Waals surface area contributed by atoms with E-state index in [1.807, 2.05) is 4.90 Å². The summed E-state index contributed by atoms with van der Waals surface area (Å²) in [6, 6.07) is 0. The summed E-state index contributed by atoms with van der Waals surface area (Å²) in [5, 5.41) is 4.01. The summed E-state index contributed by atoms with van der Waals surface area (Å²) in [5.74, 6) is 0.372. The lowest BCUT2D eigenvalue weighted by Crippen LogP contribution is -2.43. The molecule has 6 heteroatoms. The number of nitrogens with zero attached hydrogens (tertiary/aromatic N) is 3. The van der Waals surface area contributed by atoms with E-state index in [9.17, 15) is 4.79 Å². The van der Waals surface area contributed by atoms with Crippen LogP contribution in [0.15, 0.2) is 6.20 Å². The van der Waals surface area contributed by atoms with Gasteiger partial charge in [-0.1, -0.05) is 6.92 Å². The zero-order valence-electron chi connectivity index (χ0n) is 11.6. The van der Waals surface area contributed by atoms with Crippen molar-refractivity contribution in [2.45, 2.75) is 32.3 Å². The number of piperidine rings is 1. The van der Waals surface area contributed by atoms with Crippen LogP contribution >= 0.6 is 0 Å². The zero-order chi connectivity index (χ0) is 13.8. The van der Waals surface area contributed by atoms with Crippen molar-refractivity contribution in [1.29, 1.82) is 0 Å². The molecule has 1 aromatic rings. The van der Waals surface area contributed by atoms with Crippen molar-refractivity contribution in [1.82, 2.24) is 14.7 Å². The molecule has 2 heterocycles. The average Bonchev–Trinajstić information content (AvgIpc) is 2.76. The van der Waals surface area contributed by atoms with Crippen LogP contribution in [0.3, 0.4) is 0 Å². The molecule has 6 nitrogen and oxygen atoms in total. The Hall–Kier alpha value is -1.56. The van der Waals surface area contributed by atoms with Gasteiger partial charge in [0.05, 0.1) is 12.3 Å². The number of nitrogens with two attached hydrogens (primary N) is 1. The highest BCUT2D eigenvalue weighted by Crippen LogP contribution is 2.18. The second-order valence-electron chi connectivity index (χ2n) is 4.95. The van der Waals surface area contributed by atoms with E-state index in [2.05, 4.69) is 12.0 Å². The Bertz CT molecular complexity index is 444. The molecule has 1 unspecified atom stereocenters. The van der Waals surface area contributed by atoms with Gasteiger partial charge in [0.1, 0.15) is 11.4 Å². The molecule has 1 aromatic heterocycles. The maximum Gasteiger partial charge on any atom is 0.259 e. The van der Waals surface area contributed by atoms with Gasteiger partial charge in [-0.25, -0.2) is 0 Å². The first kappa shape index (κ1) is 13.9. The van der Waals surface area contributed by atoms with E-state index < -0.39 is 0 Å². The highest BCUT2D eigenvalue weighted by molar-refractivity contribution is 5.98. The molecular weight excluding hydrogens is 244 g/mol. The molecule has 0 radical (unpaired) electrons. The minimum absolute atomic E-state index is 0.0459. The summed E-state index contributed by atoms with van der Waals surface area (Å²) in [4.78, 5) is 14.2. The normalized spacial score (nSPS) is 19.7. The van der Waals surface area contributed by atoms with Gasteiger partial charge >= 0.3 is 0 Å². The maximum absolute atomic E-state index is 12.4. The van der Waals surface area contributed by atoms with Crippen LogP contribution in [0.25, 0.3) is 0 Å². The van der Waals surface area contributed by atoms with Gasteiger partial charge in [0, 0.05) is 26.7 Å². The molecule has 0 aromatic carbocycles. The molecule has 0 bridgehead atoms.